The van der Waals surface area contributed by atoms with E-state index in [1.807, 2.05) is 0 Å². The molecule has 2 aromatic rings. The number of aliphatic carboxylic acids is 1. The van der Waals surface area contributed by atoms with Crippen molar-refractivity contribution < 1.29 is 19.1 Å². The van der Waals surface area contributed by atoms with Gasteiger partial charge in [-0.3, -0.25) is 9.59 Å². The van der Waals surface area contributed by atoms with Gasteiger partial charge in [0.15, 0.2) is 0 Å². The molecule has 1 aromatic heterocycles. The standard InChI is InChI=1S/C15H15ClN2O4/c1-9(15(20)21)7-17-13(19)6-12-8-22-14(18-12)10-2-4-11(16)5-3-10/h2-5,8-9H,6-7H2,1H3,(H,17,19)(H,20,21). The summed E-state index contributed by atoms with van der Waals surface area (Å²) in [4.78, 5) is 26.6. The number of hydrogen-bond donors (Lipinski definition) is 2. The van der Waals surface area contributed by atoms with Crippen LogP contribution >= 0.6 is 11.6 Å². The van der Waals surface area contributed by atoms with Gasteiger partial charge in [-0.05, 0) is 24.3 Å². The number of carbonyl (C=O) groups is 2. The third kappa shape index (κ3) is 4.33. The quantitative estimate of drug-likeness (QED) is 0.851. The van der Waals surface area contributed by atoms with E-state index >= 15 is 0 Å². The highest BCUT2D eigenvalue weighted by atomic mass is 35.5. The summed E-state index contributed by atoms with van der Waals surface area (Å²) in [5, 5.41) is 11.9. The smallest absolute Gasteiger partial charge is 0.308 e. The van der Waals surface area contributed by atoms with E-state index in [-0.39, 0.29) is 18.9 Å². The summed E-state index contributed by atoms with van der Waals surface area (Å²) in [5.41, 5.74) is 1.24. The summed E-state index contributed by atoms with van der Waals surface area (Å²) in [6.45, 7) is 1.60. The maximum atomic E-state index is 11.7. The van der Waals surface area contributed by atoms with Crippen molar-refractivity contribution >= 4 is 23.5 Å². The molecule has 1 heterocycles. The van der Waals surface area contributed by atoms with Gasteiger partial charge in [0.2, 0.25) is 11.8 Å². The first kappa shape index (κ1) is 16.0. The minimum atomic E-state index is -0.952. The molecular weight excluding hydrogens is 308 g/mol. The van der Waals surface area contributed by atoms with Gasteiger partial charge in [0.05, 0.1) is 18.0 Å². The first-order chi connectivity index (χ1) is 10.5. The Kier molecular flexibility index (Phi) is 5.16. The summed E-state index contributed by atoms with van der Waals surface area (Å²) >= 11 is 5.81. The fraction of sp³-hybridized carbons (Fsp3) is 0.267. The van der Waals surface area contributed by atoms with E-state index in [4.69, 9.17) is 21.1 Å². The van der Waals surface area contributed by atoms with E-state index < -0.39 is 11.9 Å². The van der Waals surface area contributed by atoms with Gasteiger partial charge in [-0.15, -0.1) is 0 Å². The van der Waals surface area contributed by atoms with Crippen molar-refractivity contribution in [3.05, 3.63) is 41.2 Å². The van der Waals surface area contributed by atoms with Crippen LogP contribution in [-0.4, -0.2) is 28.5 Å². The van der Waals surface area contributed by atoms with Crippen LogP contribution in [0, 0.1) is 5.92 Å². The molecule has 116 valence electrons. The van der Waals surface area contributed by atoms with Gasteiger partial charge in [0.1, 0.15) is 6.26 Å². The van der Waals surface area contributed by atoms with Crippen LogP contribution in [0.15, 0.2) is 34.9 Å². The minimum absolute atomic E-state index is 0.0312. The van der Waals surface area contributed by atoms with Crippen molar-refractivity contribution in [2.75, 3.05) is 6.54 Å². The summed E-state index contributed by atoms with van der Waals surface area (Å²) in [7, 11) is 0. The maximum absolute atomic E-state index is 11.7. The lowest BCUT2D eigenvalue weighted by molar-refractivity contribution is -0.141. The number of amides is 1. The molecule has 1 atom stereocenters. The zero-order chi connectivity index (χ0) is 16.1. The van der Waals surface area contributed by atoms with Gasteiger partial charge in [-0.2, -0.15) is 0 Å². The Labute approximate surface area is 132 Å². The number of nitrogens with one attached hydrogen (secondary N) is 1. The third-order valence-electron chi connectivity index (χ3n) is 3.01. The molecule has 2 rings (SSSR count). The number of oxazole rings is 1. The van der Waals surface area contributed by atoms with Crippen LogP contribution < -0.4 is 5.32 Å². The fourth-order valence-corrected chi connectivity index (χ4v) is 1.82. The van der Waals surface area contributed by atoms with Crippen LogP contribution in [-0.2, 0) is 16.0 Å². The molecule has 6 nitrogen and oxygen atoms in total. The van der Waals surface area contributed by atoms with Crippen molar-refractivity contribution in [1.82, 2.24) is 10.3 Å². The van der Waals surface area contributed by atoms with Gasteiger partial charge in [-0.1, -0.05) is 18.5 Å². The Morgan fingerprint density at radius 3 is 2.68 bits per heavy atom. The highest BCUT2D eigenvalue weighted by Crippen LogP contribution is 2.20. The SMILES string of the molecule is CC(CNC(=O)Cc1coc(-c2ccc(Cl)cc2)n1)C(=O)O. The molecule has 7 heteroatoms. The molecule has 0 bridgehead atoms. The zero-order valence-corrected chi connectivity index (χ0v) is 12.6. The molecule has 0 radical (unpaired) electrons. The molecular formula is C15H15ClN2O4. The van der Waals surface area contributed by atoms with Crippen LogP contribution in [0.5, 0.6) is 0 Å². The number of hydrogen-bond acceptors (Lipinski definition) is 4. The Balaban J connectivity index is 1.93. The van der Waals surface area contributed by atoms with E-state index in [2.05, 4.69) is 10.3 Å². The monoisotopic (exact) mass is 322 g/mol. The normalized spacial score (nSPS) is 11.9. The molecule has 0 aliphatic carbocycles. The largest absolute Gasteiger partial charge is 0.481 e. The molecule has 0 aliphatic rings. The predicted molar refractivity (Wildman–Crippen MR) is 80.5 cm³/mol. The third-order valence-corrected chi connectivity index (χ3v) is 3.26. The number of carbonyl (C=O) groups excluding carboxylic acids is 1. The number of benzene rings is 1. The van der Waals surface area contributed by atoms with E-state index in [1.54, 1.807) is 24.3 Å². The summed E-state index contributed by atoms with van der Waals surface area (Å²) in [6.07, 6.45) is 1.44. The Hall–Kier alpha value is -2.34. The number of nitrogens with zero attached hydrogens (tertiary/aromatic N) is 1. The van der Waals surface area contributed by atoms with Gasteiger partial charge in [-0.25, -0.2) is 4.98 Å². The lowest BCUT2D eigenvalue weighted by Gasteiger charge is -2.07. The maximum Gasteiger partial charge on any atom is 0.308 e. The van der Waals surface area contributed by atoms with Gasteiger partial charge < -0.3 is 14.8 Å². The van der Waals surface area contributed by atoms with E-state index in [9.17, 15) is 9.59 Å². The molecule has 1 unspecified atom stereocenters. The van der Waals surface area contributed by atoms with Gasteiger partial charge in [0.25, 0.3) is 0 Å². The minimum Gasteiger partial charge on any atom is -0.481 e. The second-order valence-electron chi connectivity index (χ2n) is 4.87. The zero-order valence-electron chi connectivity index (χ0n) is 11.9. The molecule has 22 heavy (non-hydrogen) atoms. The van der Waals surface area contributed by atoms with Crippen LogP contribution in [0.2, 0.25) is 5.02 Å². The second kappa shape index (κ2) is 7.09. The number of carboxylic acid groups (broad SMARTS) is 1. The molecule has 2 N–H and O–H groups in total. The van der Waals surface area contributed by atoms with E-state index in [1.165, 1.54) is 13.2 Å². The summed E-state index contributed by atoms with van der Waals surface area (Å²) in [5.74, 6) is -1.49. The summed E-state index contributed by atoms with van der Waals surface area (Å²) < 4.78 is 5.33. The lowest BCUT2D eigenvalue weighted by atomic mass is 10.2. The van der Waals surface area contributed by atoms with E-state index in [0.717, 1.165) is 5.56 Å². The number of halogens is 1. The topological polar surface area (TPSA) is 92.4 Å². The predicted octanol–water partition coefficient (Wildman–Crippen LogP) is 2.37. The van der Waals surface area contributed by atoms with Crippen LogP contribution in [0.4, 0.5) is 0 Å². The average molecular weight is 323 g/mol. The van der Waals surface area contributed by atoms with Crippen LogP contribution in [0.3, 0.4) is 0 Å². The van der Waals surface area contributed by atoms with Crippen molar-refractivity contribution in [3.63, 3.8) is 0 Å². The molecule has 0 aliphatic heterocycles. The molecule has 0 spiro atoms. The molecule has 0 saturated heterocycles. The summed E-state index contributed by atoms with van der Waals surface area (Å²) in [6, 6.07) is 6.99. The number of aromatic nitrogens is 1. The highest BCUT2D eigenvalue weighted by molar-refractivity contribution is 6.30. The first-order valence-corrected chi connectivity index (χ1v) is 7.03. The number of rotatable bonds is 6. The van der Waals surface area contributed by atoms with Gasteiger partial charge >= 0.3 is 5.97 Å². The fourth-order valence-electron chi connectivity index (χ4n) is 1.69. The lowest BCUT2D eigenvalue weighted by Crippen LogP contribution is -2.32. The highest BCUT2D eigenvalue weighted by Gasteiger charge is 2.14. The Morgan fingerprint density at radius 2 is 2.05 bits per heavy atom. The Morgan fingerprint density at radius 1 is 1.36 bits per heavy atom. The first-order valence-electron chi connectivity index (χ1n) is 6.65. The van der Waals surface area contributed by atoms with Crippen molar-refractivity contribution in [3.8, 4) is 11.5 Å². The number of carboxylic acids is 1. The van der Waals surface area contributed by atoms with Gasteiger partial charge in [0, 0.05) is 17.1 Å². The molecule has 1 amide bonds. The van der Waals surface area contributed by atoms with Crippen LogP contribution in [0.25, 0.3) is 11.5 Å². The van der Waals surface area contributed by atoms with Crippen molar-refractivity contribution in [2.45, 2.75) is 13.3 Å². The molecule has 0 fully saturated rings. The van der Waals surface area contributed by atoms with Crippen molar-refractivity contribution in [1.29, 1.82) is 0 Å². The second-order valence-corrected chi connectivity index (χ2v) is 5.31. The molecule has 0 saturated carbocycles. The van der Waals surface area contributed by atoms with Crippen LogP contribution in [0.1, 0.15) is 12.6 Å². The van der Waals surface area contributed by atoms with Crippen molar-refractivity contribution in [2.24, 2.45) is 5.92 Å². The Bertz CT molecular complexity index is 666. The average Bonchev–Trinajstić information content (AvgIpc) is 2.93. The van der Waals surface area contributed by atoms with E-state index in [0.29, 0.717) is 16.6 Å². The molecule has 1 aromatic carbocycles.